The topological polar surface area (TPSA) is 152 Å². The molecule has 5 N–H and O–H groups in total. The van der Waals surface area contributed by atoms with Crippen LogP contribution in [0.4, 0.5) is 0 Å². The number of carbonyl (C=O) groups excluding carboxylic acids is 2. The molecule has 3 fully saturated rings. The molecule has 0 heterocycles. The maximum atomic E-state index is 12.4. The first kappa shape index (κ1) is 31.5. The summed E-state index contributed by atoms with van der Waals surface area (Å²) in [6.07, 6.45) is 7.68. The minimum atomic E-state index is -2.53. The van der Waals surface area contributed by atoms with Gasteiger partial charge in [0, 0.05) is 22.3 Å². The number of Topliss-reactive ketones (excluding diaryl/α,β-unsaturated/α-hetero) is 1. The second kappa shape index (κ2) is 11.8. The summed E-state index contributed by atoms with van der Waals surface area (Å²) < 4.78 is 10.4. The van der Waals surface area contributed by atoms with Crippen LogP contribution in [0.5, 0.6) is 0 Å². The van der Waals surface area contributed by atoms with Crippen molar-refractivity contribution in [1.29, 1.82) is 0 Å². The van der Waals surface area contributed by atoms with E-state index in [9.17, 15) is 29.5 Å². The molecule has 0 aromatic heterocycles. The van der Waals surface area contributed by atoms with Crippen LogP contribution in [0.3, 0.4) is 0 Å². The van der Waals surface area contributed by atoms with Gasteiger partial charge in [0.05, 0.1) is 6.10 Å². The third kappa shape index (κ3) is 5.20. The van der Waals surface area contributed by atoms with Gasteiger partial charge in [-0.25, -0.2) is 0 Å². The number of ketones is 2. The number of rotatable bonds is 4. The second-order valence-corrected chi connectivity index (χ2v) is 12.4. The molecule has 2 unspecified atom stereocenters. The van der Waals surface area contributed by atoms with E-state index in [4.69, 9.17) is 10.00 Å². The molecule has 0 amide bonds. The Labute approximate surface area is 247 Å². The summed E-state index contributed by atoms with van der Waals surface area (Å²) in [5.41, 5.74) is -1.07. The molecule has 1 aromatic carbocycles. The van der Waals surface area contributed by atoms with E-state index in [1.165, 1.54) is 0 Å². The van der Waals surface area contributed by atoms with Crippen LogP contribution >= 0.6 is 8.03 Å². The van der Waals surface area contributed by atoms with Crippen molar-refractivity contribution in [3.63, 3.8) is 0 Å². The van der Waals surface area contributed by atoms with E-state index in [0.29, 0.717) is 18.4 Å². The molecule has 5 rings (SSSR count). The molecule has 8 nitrogen and oxygen atoms in total. The Morgan fingerprint density at radius 3 is 2.47 bits per heavy atom. The van der Waals surface area contributed by atoms with Crippen molar-refractivity contribution in [2.45, 2.75) is 63.5 Å². The van der Waals surface area contributed by atoms with E-state index >= 15 is 0 Å². The Kier molecular flexibility index (Phi) is 9.78. The molecule has 0 saturated heterocycles. The van der Waals surface area contributed by atoms with Crippen LogP contribution < -0.4 is 29.6 Å². The third-order valence-electron chi connectivity index (χ3n) is 9.56. The molecule has 0 radical (unpaired) electrons. The average Bonchev–Trinajstić information content (AvgIpc) is 3.15. The maximum absolute atomic E-state index is 12.4. The van der Waals surface area contributed by atoms with E-state index in [1.54, 1.807) is 42.5 Å². The number of carbonyl (C=O) groups is 2. The fraction of sp³-hybridized carbons (Fsp3) is 0.571. The summed E-state index contributed by atoms with van der Waals surface area (Å²) in [5, 5.41) is 40.7. The first-order chi connectivity index (χ1) is 17.4. The van der Waals surface area contributed by atoms with Crippen molar-refractivity contribution >= 4 is 19.6 Å². The Morgan fingerprint density at radius 2 is 1.87 bits per heavy atom. The summed E-state index contributed by atoms with van der Waals surface area (Å²) in [7, 11) is -2.53. The van der Waals surface area contributed by atoms with Gasteiger partial charge in [-0.1, -0.05) is 55.8 Å². The van der Waals surface area contributed by atoms with Gasteiger partial charge >= 0.3 is 43.4 Å². The maximum Gasteiger partial charge on any atom is 1.00 e. The van der Waals surface area contributed by atoms with Crippen LogP contribution in [0, 0.1) is 28.6 Å². The smallest absolute Gasteiger partial charge is 1.00 e. The Morgan fingerprint density at radius 1 is 1.21 bits per heavy atom. The molecule has 4 aliphatic rings. The van der Waals surface area contributed by atoms with Gasteiger partial charge in [-0.3, -0.25) is 9.59 Å². The van der Waals surface area contributed by atoms with Crippen molar-refractivity contribution < 1.29 is 70.5 Å². The van der Waals surface area contributed by atoms with Crippen LogP contribution in [-0.4, -0.2) is 55.2 Å². The van der Waals surface area contributed by atoms with Gasteiger partial charge in [-0.15, -0.1) is 0 Å². The Hall–Kier alpha value is -1.06. The molecule has 0 bridgehead atoms. The summed E-state index contributed by atoms with van der Waals surface area (Å²) in [4.78, 5) is 32.7. The van der Waals surface area contributed by atoms with Crippen molar-refractivity contribution in [1.82, 2.24) is 0 Å². The van der Waals surface area contributed by atoms with Gasteiger partial charge in [0.2, 0.25) is 0 Å². The number of aliphatic hydroxyl groups excluding tert-OH is 3. The molecule has 0 aliphatic heterocycles. The predicted octanol–water partition coefficient (Wildman–Crippen LogP) is 0.0863. The molecule has 1 aromatic rings. The number of aliphatic hydroxyl groups is 4. The van der Waals surface area contributed by atoms with Gasteiger partial charge in [-0.05, 0) is 60.7 Å². The normalized spacial score (nSPS) is 38.2. The average molecular weight is 556 g/mol. The molecular formula is C28H37NaO8P+. The molecule has 10 heteroatoms. The van der Waals surface area contributed by atoms with Gasteiger partial charge < -0.3 is 21.9 Å². The third-order valence-corrected chi connectivity index (χ3v) is 10.3. The van der Waals surface area contributed by atoms with Crippen molar-refractivity contribution in [2.75, 3.05) is 6.61 Å². The zero-order valence-corrected chi connectivity index (χ0v) is 25.1. The van der Waals surface area contributed by atoms with Crippen LogP contribution in [0.25, 0.3) is 0 Å². The summed E-state index contributed by atoms with van der Waals surface area (Å²) in [6, 6.07) is 8.40. The summed E-state index contributed by atoms with van der Waals surface area (Å²) in [6.45, 7) is 3.34. The number of hydrogen-bond acceptors (Lipinski definition) is 7. The first-order valence-corrected chi connectivity index (χ1v) is 14.0. The van der Waals surface area contributed by atoms with E-state index in [2.05, 4.69) is 6.92 Å². The van der Waals surface area contributed by atoms with E-state index in [-0.39, 0.29) is 59.9 Å². The van der Waals surface area contributed by atoms with Gasteiger partial charge in [0.1, 0.15) is 12.2 Å². The molecular weight excluding hydrogens is 518 g/mol. The number of benzene rings is 1. The van der Waals surface area contributed by atoms with E-state index in [0.717, 1.165) is 24.8 Å². The molecule has 0 spiro atoms. The summed E-state index contributed by atoms with van der Waals surface area (Å²) in [5.74, 6) is -1.48. The molecule has 9 atom stereocenters. The molecule has 38 heavy (non-hydrogen) atoms. The van der Waals surface area contributed by atoms with Crippen molar-refractivity contribution in [2.24, 2.45) is 28.6 Å². The minimum Gasteiger partial charge on any atom is -1.00 e. The zero-order valence-electron chi connectivity index (χ0n) is 23.2. The molecule has 202 valence electrons. The first-order valence-electron chi connectivity index (χ1n) is 12.8. The van der Waals surface area contributed by atoms with Crippen molar-refractivity contribution in [3.8, 4) is 0 Å². The number of allylic oxidation sites excluding steroid dienone is 4. The summed E-state index contributed by atoms with van der Waals surface area (Å²) >= 11 is 0. The fourth-order valence-corrected chi connectivity index (χ4v) is 8.10. The van der Waals surface area contributed by atoms with Crippen LogP contribution in [0.2, 0.25) is 0 Å². The largest absolute Gasteiger partial charge is 1.00 e. The number of hydrogen-bond donors (Lipinski definition) is 5. The quantitative estimate of drug-likeness (QED) is 0.259. The fourth-order valence-electron chi connectivity index (χ4n) is 7.67. The van der Waals surface area contributed by atoms with Crippen molar-refractivity contribution in [3.05, 3.63) is 59.7 Å². The van der Waals surface area contributed by atoms with Crippen LogP contribution in [0.15, 0.2) is 54.1 Å². The molecule has 4 aliphatic carbocycles. The van der Waals surface area contributed by atoms with Gasteiger partial charge in [-0.2, -0.15) is 4.89 Å². The van der Waals surface area contributed by atoms with Crippen LogP contribution in [0.1, 0.15) is 58.8 Å². The minimum absolute atomic E-state index is 0. The molecule has 3 saturated carbocycles. The van der Waals surface area contributed by atoms with E-state index in [1.807, 2.05) is 13.0 Å². The number of fused-ring (bicyclic) bond motifs is 5. The Bertz CT molecular complexity index is 1150. The second-order valence-electron chi connectivity index (χ2n) is 11.3. The Balaban J connectivity index is 0.000000350. The zero-order chi connectivity index (χ0) is 27.2. The van der Waals surface area contributed by atoms with Gasteiger partial charge in [0.25, 0.3) is 0 Å². The SMILES string of the molecule is C[C@]12C=CC(=O)C=C1CC[C@@H]1[C@@H]2[C@@H](O)C[C@@]2(C)[C@H]1CC[C@]2(O)C(=O)CO.O=[P+](O)C(O)c1ccccc1.[H-].[Na+]. The monoisotopic (exact) mass is 555 g/mol. The van der Waals surface area contributed by atoms with E-state index < -0.39 is 43.4 Å². The van der Waals surface area contributed by atoms with Crippen LogP contribution in [-0.2, 0) is 14.2 Å². The standard InChI is InChI=1S/C21H28O5.C7H7O3P.Na.H/c1-19-7-5-13(23)9-12(19)3-4-14-15-6-8-21(26,17(25)11-22)20(15,2)10-16(24)18(14)19;8-7(11(9)10)6-4-2-1-3-5-6;;/h5,7,9,14-16,18,22,24,26H,3-4,6,8,10-11H2,1-2H3;1-5,7-8H;;/q;;+1;-1/p+1/t14-,15-,16-,18+,19-,20-,21-;;;/m0.../s1. The predicted molar refractivity (Wildman–Crippen MR) is 137 cm³/mol. The van der Waals surface area contributed by atoms with Gasteiger partial charge in [0.15, 0.2) is 11.6 Å².